The summed E-state index contributed by atoms with van der Waals surface area (Å²) in [6.07, 6.45) is 5.45. The topological polar surface area (TPSA) is 49.8 Å². The monoisotopic (exact) mass is 227 g/mol. The molecule has 2 aliphatic rings. The summed E-state index contributed by atoms with van der Waals surface area (Å²) in [6, 6.07) is 0.242. The van der Waals surface area contributed by atoms with Crippen LogP contribution in [0, 0.1) is 5.92 Å². The van der Waals surface area contributed by atoms with Crippen LogP contribution in [0.4, 0.5) is 0 Å². The van der Waals surface area contributed by atoms with Gasteiger partial charge in [-0.1, -0.05) is 12.8 Å². The third kappa shape index (κ3) is 2.38. The fraction of sp³-hybridized carbons (Fsp3) is 0.917. The van der Waals surface area contributed by atoms with Crippen LogP contribution in [0.3, 0.4) is 0 Å². The van der Waals surface area contributed by atoms with Crippen molar-refractivity contribution in [3.8, 4) is 0 Å². The standard InChI is InChI=1S/C12H21NO3/c1-16-9-6-7-13(8-9)11-5-3-2-4-10(11)12(14)15/h9-11H,2-8H2,1H3,(H,14,15). The van der Waals surface area contributed by atoms with Gasteiger partial charge in [0.2, 0.25) is 0 Å². The van der Waals surface area contributed by atoms with Crippen LogP contribution >= 0.6 is 0 Å². The van der Waals surface area contributed by atoms with Gasteiger partial charge in [-0.15, -0.1) is 0 Å². The van der Waals surface area contributed by atoms with E-state index in [1.54, 1.807) is 7.11 Å². The highest BCUT2D eigenvalue weighted by Gasteiger charge is 2.37. The molecule has 3 unspecified atom stereocenters. The molecule has 4 nitrogen and oxygen atoms in total. The van der Waals surface area contributed by atoms with E-state index in [-0.39, 0.29) is 12.0 Å². The minimum atomic E-state index is -0.620. The molecule has 0 aromatic carbocycles. The Morgan fingerprint density at radius 2 is 2.06 bits per heavy atom. The van der Waals surface area contributed by atoms with Gasteiger partial charge < -0.3 is 9.84 Å². The molecule has 0 bridgehead atoms. The van der Waals surface area contributed by atoms with Crippen LogP contribution in [0.2, 0.25) is 0 Å². The zero-order valence-electron chi connectivity index (χ0n) is 9.89. The van der Waals surface area contributed by atoms with E-state index in [1.807, 2.05) is 0 Å². The van der Waals surface area contributed by atoms with Gasteiger partial charge in [0, 0.05) is 26.2 Å². The molecular formula is C12H21NO3. The Bertz CT molecular complexity index is 257. The highest BCUT2D eigenvalue weighted by atomic mass is 16.5. The van der Waals surface area contributed by atoms with Crippen molar-refractivity contribution in [1.82, 2.24) is 4.90 Å². The molecule has 1 saturated carbocycles. The van der Waals surface area contributed by atoms with Crippen molar-refractivity contribution in [3.05, 3.63) is 0 Å². The van der Waals surface area contributed by atoms with Crippen molar-refractivity contribution < 1.29 is 14.6 Å². The van der Waals surface area contributed by atoms with Crippen molar-refractivity contribution >= 4 is 5.97 Å². The van der Waals surface area contributed by atoms with Gasteiger partial charge in [-0.2, -0.15) is 0 Å². The van der Waals surface area contributed by atoms with Crippen LogP contribution in [0.25, 0.3) is 0 Å². The molecule has 2 fully saturated rings. The minimum Gasteiger partial charge on any atom is -0.481 e. The van der Waals surface area contributed by atoms with Gasteiger partial charge in [-0.3, -0.25) is 9.69 Å². The minimum absolute atomic E-state index is 0.163. The average molecular weight is 227 g/mol. The van der Waals surface area contributed by atoms with Crippen LogP contribution in [-0.2, 0) is 9.53 Å². The number of likely N-dealkylation sites (tertiary alicyclic amines) is 1. The van der Waals surface area contributed by atoms with E-state index in [4.69, 9.17) is 4.74 Å². The molecule has 1 aliphatic carbocycles. The lowest BCUT2D eigenvalue weighted by Crippen LogP contribution is -2.44. The summed E-state index contributed by atoms with van der Waals surface area (Å²) in [5, 5.41) is 9.23. The van der Waals surface area contributed by atoms with Crippen LogP contribution in [0.5, 0.6) is 0 Å². The molecule has 0 aromatic rings. The second-order valence-electron chi connectivity index (χ2n) is 4.94. The SMILES string of the molecule is COC1CCN(C2CCCCC2C(=O)O)C1. The third-order valence-electron chi connectivity index (χ3n) is 4.03. The molecule has 2 rings (SSSR count). The Balaban J connectivity index is 1.98. The van der Waals surface area contributed by atoms with Crippen LogP contribution in [-0.4, -0.2) is 48.3 Å². The van der Waals surface area contributed by atoms with E-state index in [2.05, 4.69) is 4.90 Å². The number of hydrogen-bond acceptors (Lipinski definition) is 3. The number of carboxylic acid groups (broad SMARTS) is 1. The van der Waals surface area contributed by atoms with Crippen molar-refractivity contribution in [2.45, 2.75) is 44.2 Å². The first-order chi connectivity index (χ1) is 7.72. The lowest BCUT2D eigenvalue weighted by atomic mass is 9.83. The van der Waals surface area contributed by atoms with Gasteiger partial charge >= 0.3 is 5.97 Å². The quantitative estimate of drug-likeness (QED) is 0.790. The molecule has 1 aliphatic heterocycles. The van der Waals surface area contributed by atoms with Crippen LogP contribution < -0.4 is 0 Å². The molecule has 1 saturated heterocycles. The van der Waals surface area contributed by atoms with Crippen molar-refractivity contribution in [2.24, 2.45) is 5.92 Å². The molecule has 92 valence electrons. The average Bonchev–Trinajstić information content (AvgIpc) is 2.77. The fourth-order valence-corrected chi connectivity index (χ4v) is 3.08. The van der Waals surface area contributed by atoms with Gasteiger partial charge in [0.25, 0.3) is 0 Å². The summed E-state index contributed by atoms with van der Waals surface area (Å²) in [7, 11) is 1.74. The first-order valence-electron chi connectivity index (χ1n) is 6.22. The predicted molar refractivity (Wildman–Crippen MR) is 60.4 cm³/mol. The highest BCUT2D eigenvalue weighted by molar-refractivity contribution is 5.71. The maximum atomic E-state index is 11.2. The summed E-state index contributed by atoms with van der Waals surface area (Å²) >= 11 is 0. The van der Waals surface area contributed by atoms with E-state index < -0.39 is 5.97 Å². The summed E-state index contributed by atoms with van der Waals surface area (Å²) in [6.45, 7) is 1.90. The molecule has 0 spiro atoms. The summed E-state index contributed by atoms with van der Waals surface area (Å²) < 4.78 is 5.34. The Morgan fingerprint density at radius 3 is 2.69 bits per heavy atom. The van der Waals surface area contributed by atoms with Gasteiger partial charge in [0.1, 0.15) is 0 Å². The second kappa shape index (κ2) is 5.15. The van der Waals surface area contributed by atoms with E-state index in [0.29, 0.717) is 6.10 Å². The number of aliphatic carboxylic acids is 1. The number of carbonyl (C=O) groups is 1. The fourth-order valence-electron chi connectivity index (χ4n) is 3.08. The Labute approximate surface area is 96.6 Å². The Hall–Kier alpha value is -0.610. The molecule has 3 atom stereocenters. The van der Waals surface area contributed by atoms with Crippen molar-refractivity contribution in [3.63, 3.8) is 0 Å². The van der Waals surface area contributed by atoms with Crippen LogP contribution in [0.1, 0.15) is 32.1 Å². The molecule has 0 radical (unpaired) electrons. The predicted octanol–water partition coefficient (Wildman–Crippen LogP) is 1.35. The maximum absolute atomic E-state index is 11.2. The zero-order chi connectivity index (χ0) is 11.5. The van der Waals surface area contributed by atoms with Crippen LogP contribution in [0.15, 0.2) is 0 Å². The van der Waals surface area contributed by atoms with Crippen molar-refractivity contribution in [2.75, 3.05) is 20.2 Å². The summed E-state index contributed by atoms with van der Waals surface area (Å²) in [5.41, 5.74) is 0. The second-order valence-corrected chi connectivity index (χ2v) is 4.94. The Morgan fingerprint density at radius 1 is 1.31 bits per heavy atom. The smallest absolute Gasteiger partial charge is 0.308 e. The molecule has 4 heteroatoms. The van der Waals surface area contributed by atoms with Gasteiger partial charge in [0.15, 0.2) is 0 Å². The molecule has 1 heterocycles. The molecule has 1 N–H and O–H groups in total. The number of nitrogens with zero attached hydrogens (tertiary/aromatic N) is 1. The first kappa shape index (κ1) is 11.9. The first-order valence-corrected chi connectivity index (χ1v) is 6.22. The maximum Gasteiger partial charge on any atom is 0.308 e. The largest absolute Gasteiger partial charge is 0.481 e. The molecular weight excluding hydrogens is 206 g/mol. The lowest BCUT2D eigenvalue weighted by molar-refractivity contribution is -0.145. The summed E-state index contributed by atoms with van der Waals surface area (Å²) in [5.74, 6) is -0.782. The highest BCUT2D eigenvalue weighted by Crippen LogP contribution is 2.31. The summed E-state index contributed by atoms with van der Waals surface area (Å²) in [4.78, 5) is 13.5. The number of hydrogen-bond donors (Lipinski definition) is 1. The van der Waals surface area contributed by atoms with Gasteiger partial charge in [0.05, 0.1) is 12.0 Å². The van der Waals surface area contributed by atoms with Gasteiger partial charge in [-0.05, 0) is 19.3 Å². The zero-order valence-corrected chi connectivity index (χ0v) is 9.89. The van der Waals surface area contributed by atoms with Crippen molar-refractivity contribution in [1.29, 1.82) is 0 Å². The number of rotatable bonds is 3. The number of ether oxygens (including phenoxy) is 1. The van der Waals surface area contributed by atoms with E-state index in [1.165, 1.54) is 6.42 Å². The molecule has 0 aromatic heterocycles. The normalized spacial score (nSPS) is 36.4. The molecule has 0 amide bonds. The Kier molecular flexibility index (Phi) is 3.82. The molecule has 16 heavy (non-hydrogen) atoms. The third-order valence-corrected chi connectivity index (χ3v) is 4.03. The van der Waals surface area contributed by atoms with Gasteiger partial charge in [-0.25, -0.2) is 0 Å². The van der Waals surface area contributed by atoms with E-state index in [0.717, 1.165) is 38.8 Å². The lowest BCUT2D eigenvalue weighted by Gasteiger charge is -2.35. The van der Waals surface area contributed by atoms with E-state index in [9.17, 15) is 9.90 Å². The van der Waals surface area contributed by atoms with E-state index >= 15 is 0 Å². The number of carboxylic acids is 1. The number of methoxy groups -OCH3 is 1.